The van der Waals surface area contributed by atoms with E-state index < -0.39 is 11.6 Å². The van der Waals surface area contributed by atoms with Crippen molar-refractivity contribution in [1.82, 2.24) is 0 Å². The van der Waals surface area contributed by atoms with Gasteiger partial charge in [-0.05, 0) is 29.7 Å². The van der Waals surface area contributed by atoms with Gasteiger partial charge in [0.05, 0.1) is 6.04 Å². The minimum Gasteiger partial charge on any atom is -0.488 e. The quantitative estimate of drug-likeness (QED) is 0.873. The Morgan fingerprint density at radius 3 is 2.48 bits per heavy atom. The second kappa shape index (κ2) is 7.18. The molecule has 0 radical (unpaired) electrons. The number of hydrogen-bond donors (Lipinski definition) is 1. The average Bonchev–Trinajstić information content (AvgIpc) is 2.49. The predicted molar refractivity (Wildman–Crippen MR) is 79.2 cm³/mol. The minimum atomic E-state index is -0.595. The van der Waals surface area contributed by atoms with Crippen LogP contribution in [0.25, 0.3) is 0 Å². The molecule has 0 aromatic heterocycles. The maximum atomic E-state index is 13.4. The third kappa shape index (κ3) is 4.26. The summed E-state index contributed by atoms with van der Waals surface area (Å²) in [4.78, 5) is 0. The maximum absolute atomic E-state index is 13.4. The fourth-order valence-electron chi connectivity index (χ4n) is 2.08. The fourth-order valence-corrected chi connectivity index (χ4v) is 2.08. The highest BCUT2D eigenvalue weighted by Gasteiger charge is 2.10. The van der Waals surface area contributed by atoms with E-state index in [-0.39, 0.29) is 18.4 Å². The van der Waals surface area contributed by atoms with Crippen LogP contribution in [0.5, 0.6) is 5.75 Å². The van der Waals surface area contributed by atoms with Crippen molar-refractivity contribution >= 4 is 0 Å². The summed E-state index contributed by atoms with van der Waals surface area (Å²) in [6.07, 6.45) is 2.12. The first-order valence-corrected chi connectivity index (χ1v) is 7.02. The van der Waals surface area contributed by atoms with E-state index in [2.05, 4.69) is 6.92 Å². The molecule has 0 amide bonds. The molecule has 2 aromatic rings. The molecule has 2 aromatic carbocycles. The summed E-state index contributed by atoms with van der Waals surface area (Å²) >= 11 is 0. The van der Waals surface area contributed by atoms with E-state index in [1.165, 1.54) is 5.56 Å². The molecule has 0 saturated heterocycles. The van der Waals surface area contributed by atoms with Gasteiger partial charge in [0.2, 0.25) is 0 Å². The van der Waals surface area contributed by atoms with Crippen molar-refractivity contribution in [2.24, 2.45) is 5.73 Å². The number of ether oxygens (including phenoxy) is 1. The van der Waals surface area contributed by atoms with Gasteiger partial charge in [-0.3, -0.25) is 0 Å². The highest BCUT2D eigenvalue weighted by Crippen LogP contribution is 2.20. The van der Waals surface area contributed by atoms with Gasteiger partial charge in [-0.25, -0.2) is 8.78 Å². The summed E-state index contributed by atoms with van der Waals surface area (Å²) in [5.74, 6) is -1.25. The van der Waals surface area contributed by atoms with Crippen LogP contribution >= 0.6 is 0 Å². The van der Waals surface area contributed by atoms with Crippen LogP contribution in [0.1, 0.15) is 30.5 Å². The molecule has 0 fully saturated rings. The molecule has 112 valence electrons. The molecule has 2 nitrogen and oxygen atoms in total. The standard InChI is InChI=1S/C17H19F2NO/c1-2-3-12-4-6-13(7-5-12)16(20)11-21-17-10-14(18)8-9-15(17)19/h4-10,16H,2-3,11,20H2,1H3. The second-order valence-corrected chi connectivity index (χ2v) is 4.98. The third-order valence-corrected chi connectivity index (χ3v) is 3.26. The van der Waals surface area contributed by atoms with Gasteiger partial charge in [0.25, 0.3) is 0 Å². The van der Waals surface area contributed by atoms with E-state index in [0.717, 1.165) is 36.6 Å². The van der Waals surface area contributed by atoms with Crippen molar-refractivity contribution in [1.29, 1.82) is 0 Å². The summed E-state index contributed by atoms with van der Waals surface area (Å²) in [7, 11) is 0. The topological polar surface area (TPSA) is 35.2 Å². The Balaban J connectivity index is 1.97. The molecule has 2 rings (SSSR count). The summed E-state index contributed by atoms with van der Waals surface area (Å²) in [6, 6.07) is 10.7. The molecule has 0 spiro atoms. The van der Waals surface area contributed by atoms with E-state index >= 15 is 0 Å². The van der Waals surface area contributed by atoms with Gasteiger partial charge < -0.3 is 10.5 Å². The first kappa shape index (κ1) is 15.4. The van der Waals surface area contributed by atoms with Crippen LogP contribution in [0.3, 0.4) is 0 Å². The zero-order valence-electron chi connectivity index (χ0n) is 12.0. The van der Waals surface area contributed by atoms with Crippen molar-refractivity contribution in [2.45, 2.75) is 25.8 Å². The van der Waals surface area contributed by atoms with Crippen molar-refractivity contribution in [3.05, 3.63) is 65.2 Å². The number of rotatable bonds is 6. The monoisotopic (exact) mass is 291 g/mol. The van der Waals surface area contributed by atoms with E-state index in [0.29, 0.717) is 0 Å². The summed E-state index contributed by atoms with van der Waals surface area (Å²) < 4.78 is 31.7. The Bertz CT molecular complexity index is 584. The largest absolute Gasteiger partial charge is 0.488 e. The Hall–Kier alpha value is -1.94. The lowest BCUT2D eigenvalue weighted by atomic mass is 10.0. The lowest BCUT2D eigenvalue weighted by molar-refractivity contribution is 0.276. The van der Waals surface area contributed by atoms with Gasteiger partial charge in [0, 0.05) is 6.07 Å². The molecule has 4 heteroatoms. The smallest absolute Gasteiger partial charge is 0.165 e. The summed E-state index contributed by atoms with van der Waals surface area (Å²) in [5, 5.41) is 0. The van der Waals surface area contributed by atoms with Gasteiger partial charge in [-0.2, -0.15) is 0 Å². The molecule has 0 saturated carbocycles. The number of benzene rings is 2. The van der Waals surface area contributed by atoms with E-state index in [1.54, 1.807) is 0 Å². The van der Waals surface area contributed by atoms with Gasteiger partial charge >= 0.3 is 0 Å². The molecule has 0 aliphatic heterocycles. The third-order valence-electron chi connectivity index (χ3n) is 3.26. The number of nitrogens with two attached hydrogens (primary N) is 1. The molecule has 0 heterocycles. The van der Waals surface area contributed by atoms with Crippen molar-refractivity contribution in [2.75, 3.05) is 6.61 Å². The number of aryl methyl sites for hydroxylation is 1. The van der Waals surface area contributed by atoms with Crippen LogP contribution in [0.4, 0.5) is 8.78 Å². The van der Waals surface area contributed by atoms with Crippen LogP contribution in [0.2, 0.25) is 0 Å². The molecule has 1 unspecified atom stereocenters. The van der Waals surface area contributed by atoms with Crippen LogP contribution < -0.4 is 10.5 Å². The highest BCUT2D eigenvalue weighted by atomic mass is 19.1. The van der Waals surface area contributed by atoms with E-state index in [4.69, 9.17) is 10.5 Å². The first-order valence-electron chi connectivity index (χ1n) is 7.02. The van der Waals surface area contributed by atoms with Crippen LogP contribution in [-0.2, 0) is 6.42 Å². The first-order chi connectivity index (χ1) is 10.1. The van der Waals surface area contributed by atoms with Gasteiger partial charge in [0.1, 0.15) is 12.4 Å². The lowest BCUT2D eigenvalue weighted by Gasteiger charge is -2.14. The van der Waals surface area contributed by atoms with Crippen molar-refractivity contribution < 1.29 is 13.5 Å². The fraction of sp³-hybridized carbons (Fsp3) is 0.294. The van der Waals surface area contributed by atoms with Gasteiger partial charge in [0.15, 0.2) is 11.6 Å². The number of halogens is 2. The zero-order chi connectivity index (χ0) is 15.2. The summed E-state index contributed by atoms with van der Waals surface area (Å²) in [6.45, 7) is 2.22. The molecule has 0 aliphatic carbocycles. The predicted octanol–water partition coefficient (Wildman–Crippen LogP) is 4.00. The van der Waals surface area contributed by atoms with Crippen molar-refractivity contribution in [3.8, 4) is 5.75 Å². The average molecular weight is 291 g/mol. The van der Waals surface area contributed by atoms with Gasteiger partial charge in [-0.15, -0.1) is 0 Å². The van der Waals surface area contributed by atoms with E-state index in [1.807, 2.05) is 24.3 Å². The normalized spacial score (nSPS) is 12.2. The van der Waals surface area contributed by atoms with Gasteiger partial charge in [-0.1, -0.05) is 37.6 Å². The molecular formula is C17H19F2NO. The Kier molecular flexibility index (Phi) is 5.28. The van der Waals surface area contributed by atoms with E-state index in [9.17, 15) is 8.78 Å². The molecular weight excluding hydrogens is 272 g/mol. The Morgan fingerprint density at radius 2 is 1.81 bits per heavy atom. The molecule has 1 atom stereocenters. The molecule has 21 heavy (non-hydrogen) atoms. The Morgan fingerprint density at radius 1 is 1.10 bits per heavy atom. The SMILES string of the molecule is CCCc1ccc(C(N)COc2cc(F)ccc2F)cc1. The second-order valence-electron chi connectivity index (χ2n) is 4.98. The highest BCUT2D eigenvalue weighted by molar-refractivity contribution is 5.27. The maximum Gasteiger partial charge on any atom is 0.165 e. The minimum absolute atomic E-state index is 0.0908. The zero-order valence-corrected chi connectivity index (χ0v) is 12.0. The molecule has 0 bridgehead atoms. The molecule has 2 N–H and O–H groups in total. The molecule has 0 aliphatic rings. The van der Waals surface area contributed by atoms with Crippen molar-refractivity contribution in [3.63, 3.8) is 0 Å². The summed E-state index contributed by atoms with van der Waals surface area (Å²) in [5.41, 5.74) is 8.18. The van der Waals surface area contributed by atoms with Crippen LogP contribution in [0, 0.1) is 11.6 Å². The lowest BCUT2D eigenvalue weighted by Crippen LogP contribution is -2.19. The van der Waals surface area contributed by atoms with Crippen LogP contribution in [0.15, 0.2) is 42.5 Å². The Labute approximate surface area is 123 Å². The number of hydrogen-bond acceptors (Lipinski definition) is 2. The van der Waals surface area contributed by atoms with Crippen LogP contribution in [-0.4, -0.2) is 6.61 Å².